The molecule has 116 valence electrons. The highest BCUT2D eigenvalue weighted by Crippen LogP contribution is 2.16. The minimum Gasteiger partial charge on any atom is -0.482 e. The fraction of sp³-hybridized carbons (Fsp3) is 0.500. The van der Waals surface area contributed by atoms with E-state index in [1.54, 1.807) is 13.0 Å². The molecule has 1 N–H and O–H groups in total. The van der Waals surface area contributed by atoms with E-state index in [-0.39, 0.29) is 12.5 Å². The Morgan fingerprint density at radius 1 is 1.24 bits per heavy atom. The maximum absolute atomic E-state index is 11.6. The number of ether oxygens (including phenoxy) is 2. The Morgan fingerprint density at radius 2 is 1.95 bits per heavy atom. The number of aryl methyl sites for hydroxylation is 2. The molecule has 0 saturated heterocycles. The number of rotatable bonds is 7. The third kappa shape index (κ3) is 5.85. The molecule has 1 aromatic carbocycles. The van der Waals surface area contributed by atoms with Crippen molar-refractivity contribution in [3.63, 3.8) is 0 Å². The summed E-state index contributed by atoms with van der Waals surface area (Å²) in [6.07, 6.45) is 0.0230. The van der Waals surface area contributed by atoms with Gasteiger partial charge < -0.3 is 14.8 Å². The summed E-state index contributed by atoms with van der Waals surface area (Å²) in [5.74, 6) is -0.248. The third-order valence-corrected chi connectivity index (χ3v) is 3.06. The highest BCUT2D eigenvalue weighted by atomic mass is 16.6. The average molecular weight is 293 g/mol. The van der Waals surface area contributed by atoms with Crippen LogP contribution in [0.3, 0.4) is 0 Å². The van der Waals surface area contributed by atoms with Gasteiger partial charge in [-0.05, 0) is 50.5 Å². The lowest BCUT2D eigenvalue weighted by Crippen LogP contribution is -2.37. The van der Waals surface area contributed by atoms with Gasteiger partial charge >= 0.3 is 5.97 Å². The van der Waals surface area contributed by atoms with Crippen LogP contribution in [-0.2, 0) is 14.3 Å². The van der Waals surface area contributed by atoms with Crippen LogP contribution in [0.15, 0.2) is 18.2 Å². The minimum atomic E-state index is -0.813. The monoisotopic (exact) mass is 293 g/mol. The minimum absolute atomic E-state index is 0.214. The summed E-state index contributed by atoms with van der Waals surface area (Å²) in [6.45, 7) is 7.83. The quantitative estimate of drug-likeness (QED) is 0.782. The highest BCUT2D eigenvalue weighted by Gasteiger charge is 2.17. The molecule has 5 nitrogen and oxygen atoms in total. The van der Waals surface area contributed by atoms with E-state index >= 15 is 0 Å². The van der Waals surface area contributed by atoms with E-state index in [4.69, 9.17) is 9.47 Å². The molecule has 1 amide bonds. The Hall–Kier alpha value is -2.04. The average Bonchev–Trinajstić information content (AvgIpc) is 2.45. The normalized spacial score (nSPS) is 11.6. The molecule has 0 heterocycles. The maximum Gasteiger partial charge on any atom is 0.344 e. The zero-order valence-corrected chi connectivity index (χ0v) is 13.1. The smallest absolute Gasteiger partial charge is 0.344 e. The zero-order chi connectivity index (χ0) is 15.8. The van der Waals surface area contributed by atoms with Crippen molar-refractivity contribution in [1.29, 1.82) is 0 Å². The van der Waals surface area contributed by atoms with Gasteiger partial charge in [-0.25, -0.2) is 4.79 Å². The van der Waals surface area contributed by atoms with E-state index in [0.717, 1.165) is 17.5 Å². The predicted octanol–water partition coefficient (Wildman–Crippen LogP) is 2.14. The van der Waals surface area contributed by atoms with Crippen molar-refractivity contribution in [2.24, 2.45) is 0 Å². The second-order valence-electron chi connectivity index (χ2n) is 4.96. The second-order valence-corrected chi connectivity index (χ2v) is 4.96. The van der Waals surface area contributed by atoms with E-state index in [1.807, 2.05) is 32.9 Å². The van der Waals surface area contributed by atoms with Crippen LogP contribution in [0.2, 0.25) is 0 Å². The van der Waals surface area contributed by atoms with Crippen LogP contribution in [0.1, 0.15) is 31.4 Å². The molecule has 0 spiro atoms. The highest BCUT2D eigenvalue weighted by molar-refractivity contribution is 5.83. The van der Waals surface area contributed by atoms with Crippen LogP contribution in [0.5, 0.6) is 5.75 Å². The summed E-state index contributed by atoms with van der Waals surface area (Å²) in [6, 6.07) is 5.59. The first-order valence-electron chi connectivity index (χ1n) is 7.11. The molecule has 0 aromatic heterocycles. The summed E-state index contributed by atoms with van der Waals surface area (Å²) < 4.78 is 10.4. The molecule has 21 heavy (non-hydrogen) atoms. The molecule has 0 aliphatic carbocycles. The lowest BCUT2D eigenvalue weighted by atomic mass is 10.1. The van der Waals surface area contributed by atoms with Gasteiger partial charge in [0.2, 0.25) is 0 Å². The molecule has 0 radical (unpaired) electrons. The van der Waals surface area contributed by atoms with E-state index in [2.05, 4.69) is 5.32 Å². The van der Waals surface area contributed by atoms with Crippen LogP contribution in [0.4, 0.5) is 0 Å². The number of nitrogens with one attached hydrogen (secondary N) is 1. The number of carbonyl (C=O) groups excluding carboxylic acids is 2. The van der Waals surface area contributed by atoms with Gasteiger partial charge in [-0.3, -0.25) is 4.79 Å². The van der Waals surface area contributed by atoms with E-state index < -0.39 is 12.1 Å². The van der Waals surface area contributed by atoms with Crippen LogP contribution in [0.25, 0.3) is 0 Å². The van der Waals surface area contributed by atoms with Crippen molar-refractivity contribution < 1.29 is 19.1 Å². The predicted molar refractivity (Wildman–Crippen MR) is 80.3 cm³/mol. The molecule has 1 unspecified atom stereocenters. The molecule has 1 aromatic rings. The summed E-state index contributed by atoms with van der Waals surface area (Å²) in [5, 5.41) is 2.67. The van der Waals surface area contributed by atoms with Crippen molar-refractivity contribution in [3.8, 4) is 5.75 Å². The van der Waals surface area contributed by atoms with Crippen LogP contribution in [-0.4, -0.2) is 31.1 Å². The Bertz CT molecular complexity index is 499. The Kier molecular flexibility index (Phi) is 6.72. The number of amides is 1. The molecule has 1 atom stereocenters. The molecule has 1 rings (SSSR count). The lowest BCUT2D eigenvalue weighted by molar-refractivity contribution is -0.156. The van der Waals surface area contributed by atoms with Gasteiger partial charge in [0.15, 0.2) is 12.7 Å². The van der Waals surface area contributed by atoms with Crippen molar-refractivity contribution in [2.75, 3.05) is 13.2 Å². The van der Waals surface area contributed by atoms with Crippen molar-refractivity contribution >= 4 is 11.9 Å². The Labute approximate surface area is 125 Å². The van der Waals surface area contributed by atoms with Gasteiger partial charge in [-0.2, -0.15) is 0 Å². The summed E-state index contributed by atoms with van der Waals surface area (Å²) in [7, 11) is 0. The van der Waals surface area contributed by atoms with Gasteiger partial charge in [0.05, 0.1) is 0 Å². The first kappa shape index (κ1) is 17.0. The molecule has 5 heteroatoms. The van der Waals surface area contributed by atoms with E-state index in [0.29, 0.717) is 12.3 Å². The molecular weight excluding hydrogens is 270 g/mol. The number of esters is 1. The summed E-state index contributed by atoms with van der Waals surface area (Å²) in [4.78, 5) is 23.2. The molecule has 0 fully saturated rings. The van der Waals surface area contributed by atoms with E-state index in [1.165, 1.54) is 0 Å². The van der Waals surface area contributed by atoms with Gasteiger partial charge in [-0.15, -0.1) is 0 Å². The largest absolute Gasteiger partial charge is 0.482 e. The number of benzene rings is 1. The lowest BCUT2D eigenvalue weighted by Gasteiger charge is -2.13. The van der Waals surface area contributed by atoms with Crippen molar-refractivity contribution in [3.05, 3.63) is 29.3 Å². The van der Waals surface area contributed by atoms with Crippen LogP contribution >= 0.6 is 0 Å². The summed E-state index contributed by atoms with van der Waals surface area (Å²) >= 11 is 0. The Morgan fingerprint density at radius 3 is 2.57 bits per heavy atom. The fourth-order valence-corrected chi connectivity index (χ4v) is 1.62. The first-order valence-corrected chi connectivity index (χ1v) is 7.11. The maximum atomic E-state index is 11.6. The van der Waals surface area contributed by atoms with Gasteiger partial charge in [-0.1, -0.05) is 13.0 Å². The zero-order valence-electron chi connectivity index (χ0n) is 13.1. The Balaban J connectivity index is 2.39. The second kappa shape index (κ2) is 8.29. The molecule has 0 saturated carbocycles. The standard InChI is InChI=1S/C16H23NO4/c1-5-8-17-16(19)13(4)21-15(18)10-20-14-7-6-11(2)12(3)9-14/h6-7,9,13H,5,8,10H2,1-4H3,(H,17,19). The first-order chi connectivity index (χ1) is 9.93. The fourth-order valence-electron chi connectivity index (χ4n) is 1.62. The number of hydrogen-bond acceptors (Lipinski definition) is 4. The molecular formula is C16H23NO4. The third-order valence-electron chi connectivity index (χ3n) is 3.06. The number of hydrogen-bond donors (Lipinski definition) is 1. The number of carbonyl (C=O) groups is 2. The van der Waals surface area contributed by atoms with Crippen molar-refractivity contribution in [1.82, 2.24) is 5.32 Å². The molecule has 0 aliphatic heterocycles. The topological polar surface area (TPSA) is 64.6 Å². The van der Waals surface area contributed by atoms with Crippen LogP contribution in [0, 0.1) is 13.8 Å². The van der Waals surface area contributed by atoms with Crippen LogP contribution < -0.4 is 10.1 Å². The SMILES string of the molecule is CCCNC(=O)C(C)OC(=O)COc1ccc(C)c(C)c1. The van der Waals surface area contributed by atoms with Crippen molar-refractivity contribution in [2.45, 2.75) is 40.2 Å². The van der Waals surface area contributed by atoms with E-state index in [9.17, 15) is 9.59 Å². The molecule has 0 aliphatic rings. The van der Waals surface area contributed by atoms with Gasteiger partial charge in [0, 0.05) is 6.54 Å². The summed E-state index contributed by atoms with van der Waals surface area (Å²) in [5.41, 5.74) is 2.25. The van der Waals surface area contributed by atoms with Gasteiger partial charge in [0.25, 0.3) is 5.91 Å². The van der Waals surface area contributed by atoms with Gasteiger partial charge in [0.1, 0.15) is 5.75 Å². The molecule has 0 bridgehead atoms.